The number of esters is 1. The van der Waals surface area contributed by atoms with Gasteiger partial charge in [0, 0.05) is 25.5 Å². The number of aliphatic hydroxyl groups is 1. The number of hydrogen-bond acceptors (Lipinski definition) is 8. The molecule has 1 N–H and O–H groups in total. The minimum atomic E-state index is -1.58. The van der Waals surface area contributed by atoms with E-state index in [4.69, 9.17) is 14.6 Å². The van der Waals surface area contributed by atoms with Crippen LogP contribution >= 0.6 is 0 Å². The fourth-order valence-corrected chi connectivity index (χ4v) is 4.67. The molecule has 4 atom stereocenters. The molecule has 2 amide bonds. The van der Waals surface area contributed by atoms with E-state index in [2.05, 4.69) is 0 Å². The van der Waals surface area contributed by atoms with Gasteiger partial charge in [-0.3, -0.25) is 19.2 Å². The third kappa shape index (κ3) is 7.30. The van der Waals surface area contributed by atoms with E-state index in [1.807, 2.05) is 19.1 Å². The van der Waals surface area contributed by atoms with E-state index >= 15 is 0 Å². The highest BCUT2D eigenvalue weighted by Gasteiger charge is 2.47. The summed E-state index contributed by atoms with van der Waals surface area (Å²) in [6.45, 7) is 5.96. The van der Waals surface area contributed by atoms with Crippen LogP contribution in [0.2, 0.25) is 0 Å². The van der Waals surface area contributed by atoms with Gasteiger partial charge in [-0.25, -0.2) is 9.69 Å². The number of cyclic esters (lactones) is 1. The van der Waals surface area contributed by atoms with Gasteiger partial charge in [-0.2, -0.15) is 0 Å². The molecule has 212 valence electrons. The van der Waals surface area contributed by atoms with Crippen molar-refractivity contribution in [2.24, 2.45) is 5.92 Å². The Morgan fingerprint density at radius 2 is 1.77 bits per heavy atom. The number of rotatable bonds is 12. The summed E-state index contributed by atoms with van der Waals surface area (Å²) < 4.78 is 10.8. The SMILES string of the molecule is CC(=O)O[C@@H](C(=O)C=C(C(=O)CCCCO)c1cccc(C)c1)[C@@H](C)C(=O)N1C(=O)O[C@@H](c2ccccc2)[C@H]1C. The number of benzene rings is 2. The fraction of sp³-hybridized carbons (Fsp3) is 0.387. The third-order valence-corrected chi connectivity index (χ3v) is 6.78. The Kier molecular flexibility index (Phi) is 10.5. The zero-order valence-corrected chi connectivity index (χ0v) is 23.2. The molecule has 0 spiro atoms. The molecule has 40 heavy (non-hydrogen) atoms. The molecule has 2 aromatic carbocycles. The minimum absolute atomic E-state index is 0.0632. The van der Waals surface area contributed by atoms with E-state index in [-0.39, 0.29) is 24.4 Å². The zero-order chi connectivity index (χ0) is 29.4. The molecule has 3 rings (SSSR count). The second-order valence-electron chi connectivity index (χ2n) is 9.92. The van der Waals surface area contributed by atoms with Crippen molar-refractivity contribution in [1.82, 2.24) is 4.90 Å². The molecule has 1 fully saturated rings. The number of aliphatic hydroxyl groups excluding tert-OH is 1. The van der Waals surface area contributed by atoms with Gasteiger partial charge in [-0.15, -0.1) is 0 Å². The Labute approximate surface area is 233 Å². The highest BCUT2D eigenvalue weighted by molar-refractivity contribution is 6.25. The summed E-state index contributed by atoms with van der Waals surface area (Å²) in [6.07, 6.45) is -1.09. The van der Waals surface area contributed by atoms with Crippen molar-refractivity contribution in [2.45, 2.75) is 65.2 Å². The Morgan fingerprint density at radius 3 is 2.40 bits per heavy atom. The molecule has 1 heterocycles. The Morgan fingerprint density at radius 1 is 1.07 bits per heavy atom. The van der Waals surface area contributed by atoms with Gasteiger partial charge in [0.05, 0.1) is 12.0 Å². The summed E-state index contributed by atoms with van der Waals surface area (Å²) in [5.74, 6) is -3.87. The molecular formula is C31H35NO8. The maximum absolute atomic E-state index is 13.6. The average Bonchev–Trinajstić information content (AvgIpc) is 3.23. The van der Waals surface area contributed by atoms with E-state index in [0.717, 1.165) is 23.5 Å². The molecule has 0 unspecified atom stereocenters. The number of ketones is 2. The molecule has 2 aromatic rings. The largest absolute Gasteiger partial charge is 0.453 e. The van der Waals surface area contributed by atoms with Crippen LogP contribution in [0.4, 0.5) is 4.79 Å². The summed E-state index contributed by atoms with van der Waals surface area (Å²) in [5.41, 5.74) is 2.20. The minimum Gasteiger partial charge on any atom is -0.453 e. The first kappa shape index (κ1) is 30.4. The normalized spacial score (nSPS) is 18.6. The summed E-state index contributed by atoms with van der Waals surface area (Å²) in [7, 11) is 0. The molecule has 9 heteroatoms. The van der Waals surface area contributed by atoms with Gasteiger partial charge >= 0.3 is 12.1 Å². The number of carbonyl (C=O) groups is 5. The van der Waals surface area contributed by atoms with Gasteiger partial charge in [-0.1, -0.05) is 60.2 Å². The Bertz CT molecular complexity index is 1290. The van der Waals surface area contributed by atoms with Crippen LogP contribution in [0, 0.1) is 12.8 Å². The number of ether oxygens (including phenoxy) is 2. The third-order valence-electron chi connectivity index (χ3n) is 6.78. The summed E-state index contributed by atoms with van der Waals surface area (Å²) in [6, 6.07) is 15.3. The monoisotopic (exact) mass is 549 g/mol. The molecule has 9 nitrogen and oxygen atoms in total. The van der Waals surface area contributed by atoms with E-state index in [9.17, 15) is 24.0 Å². The van der Waals surface area contributed by atoms with Crippen LogP contribution in [-0.2, 0) is 28.7 Å². The number of carbonyl (C=O) groups excluding carboxylic acids is 5. The summed E-state index contributed by atoms with van der Waals surface area (Å²) in [5, 5.41) is 9.10. The van der Waals surface area contributed by atoms with E-state index < -0.39 is 47.9 Å². The predicted molar refractivity (Wildman–Crippen MR) is 147 cm³/mol. The molecule has 0 saturated carbocycles. The maximum Gasteiger partial charge on any atom is 0.417 e. The first-order valence-corrected chi connectivity index (χ1v) is 13.3. The lowest BCUT2D eigenvalue weighted by Crippen LogP contribution is -2.47. The number of imide groups is 1. The highest BCUT2D eigenvalue weighted by atomic mass is 16.6. The number of nitrogens with zero attached hydrogens (tertiary/aromatic N) is 1. The first-order valence-electron chi connectivity index (χ1n) is 13.3. The van der Waals surface area contributed by atoms with Crippen molar-refractivity contribution in [1.29, 1.82) is 0 Å². The fourth-order valence-electron chi connectivity index (χ4n) is 4.67. The summed E-state index contributed by atoms with van der Waals surface area (Å²) in [4.78, 5) is 65.9. The molecule has 1 aliphatic rings. The van der Waals surface area contributed by atoms with Crippen molar-refractivity contribution in [2.75, 3.05) is 6.61 Å². The molecule has 0 aliphatic carbocycles. The van der Waals surface area contributed by atoms with Crippen molar-refractivity contribution in [3.63, 3.8) is 0 Å². The van der Waals surface area contributed by atoms with Crippen LogP contribution in [0.5, 0.6) is 0 Å². The summed E-state index contributed by atoms with van der Waals surface area (Å²) >= 11 is 0. The van der Waals surface area contributed by atoms with Crippen molar-refractivity contribution >= 4 is 35.1 Å². The second-order valence-corrected chi connectivity index (χ2v) is 9.92. The second kappa shape index (κ2) is 13.8. The van der Waals surface area contributed by atoms with Crippen LogP contribution in [0.1, 0.15) is 62.8 Å². The molecule has 0 radical (unpaired) electrons. The first-order chi connectivity index (χ1) is 19.0. The van der Waals surface area contributed by atoms with Crippen LogP contribution in [-0.4, -0.2) is 58.3 Å². The number of allylic oxidation sites excluding steroid dienone is 1. The Hall–Kier alpha value is -4.11. The Balaban J connectivity index is 1.92. The van der Waals surface area contributed by atoms with E-state index in [1.165, 1.54) is 6.92 Å². The van der Waals surface area contributed by atoms with Gasteiger partial charge in [0.2, 0.25) is 5.91 Å². The molecule has 1 saturated heterocycles. The van der Waals surface area contributed by atoms with Crippen molar-refractivity contribution < 1.29 is 38.6 Å². The lowest BCUT2D eigenvalue weighted by molar-refractivity contribution is -0.158. The smallest absolute Gasteiger partial charge is 0.417 e. The van der Waals surface area contributed by atoms with Crippen molar-refractivity contribution in [3.05, 3.63) is 77.4 Å². The zero-order valence-electron chi connectivity index (χ0n) is 23.2. The molecule has 1 aliphatic heterocycles. The highest BCUT2D eigenvalue weighted by Crippen LogP contribution is 2.34. The van der Waals surface area contributed by atoms with Gasteiger partial charge in [-0.05, 0) is 50.8 Å². The molecule has 0 aromatic heterocycles. The molecular weight excluding hydrogens is 514 g/mol. The van der Waals surface area contributed by atoms with E-state index in [0.29, 0.717) is 24.0 Å². The lowest BCUT2D eigenvalue weighted by atomic mass is 9.92. The van der Waals surface area contributed by atoms with Crippen LogP contribution in [0.15, 0.2) is 60.7 Å². The predicted octanol–water partition coefficient (Wildman–Crippen LogP) is 4.36. The van der Waals surface area contributed by atoms with Crippen LogP contribution in [0.3, 0.4) is 0 Å². The number of aryl methyl sites for hydroxylation is 1. The van der Waals surface area contributed by atoms with Crippen molar-refractivity contribution in [3.8, 4) is 0 Å². The molecule has 0 bridgehead atoms. The topological polar surface area (TPSA) is 127 Å². The standard InChI is InChI=1S/C31H35NO8/c1-19-11-10-14-24(17-19)25(26(35)15-8-9-16-33)18-27(36)28(39-22(4)34)20(2)30(37)32-21(3)29(40-31(32)38)23-12-6-5-7-13-23/h5-7,10-14,17-18,20-21,28-29,33H,8-9,15-16H2,1-4H3/t20-,21-,28-,29-/m1/s1. The van der Waals surface area contributed by atoms with Gasteiger partial charge in [0.1, 0.15) is 6.10 Å². The van der Waals surface area contributed by atoms with Crippen LogP contribution in [0.25, 0.3) is 5.57 Å². The lowest BCUT2D eigenvalue weighted by Gasteiger charge is -2.26. The quantitative estimate of drug-likeness (QED) is 0.235. The number of Topliss-reactive ketones (excluding diaryl/α,β-unsaturated/α-hetero) is 1. The number of amides is 2. The van der Waals surface area contributed by atoms with Crippen LogP contribution < -0.4 is 0 Å². The van der Waals surface area contributed by atoms with Gasteiger partial charge in [0.25, 0.3) is 0 Å². The van der Waals surface area contributed by atoms with Gasteiger partial charge in [0.15, 0.2) is 17.7 Å². The van der Waals surface area contributed by atoms with E-state index in [1.54, 1.807) is 49.4 Å². The maximum atomic E-state index is 13.6. The van der Waals surface area contributed by atoms with Gasteiger partial charge < -0.3 is 14.6 Å². The number of unbranched alkanes of at least 4 members (excludes halogenated alkanes) is 1. The average molecular weight is 550 g/mol. The number of hydrogen-bond donors (Lipinski definition) is 1.